The first-order valence-corrected chi connectivity index (χ1v) is 4.25. The third-order valence-corrected chi connectivity index (χ3v) is 1.85. The average Bonchev–Trinajstić information content (AvgIpc) is 2.03. The van der Waals surface area contributed by atoms with E-state index in [0.717, 1.165) is 0 Å². The minimum Gasteiger partial charge on any atom is -0.376 e. The first-order valence-electron chi connectivity index (χ1n) is 4.25. The summed E-state index contributed by atoms with van der Waals surface area (Å²) in [4.78, 5) is 11.6. The van der Waals surface area contributed by atoms with Crippen molar-refractivity contribution in [2.24, 2.45) is 5.41 Å². The molecule has 0 N–H and O–H groups in total. The molecule has 0 aromatic heterocycles. The van der Waals surface area contributed by atoms with E-state index in [2.05, 4.69) is 0 Å². The summed E-state index contributed by atoms with van der Waals surface area (Å²) in [5.41, 5.74) is -0.328. The molecule has 1 rings (SSSR count). The molecule has 3 heteroatoms. The maximum atomic E-state index is 11.6. The molecular weight excluding hydrogens is 156 g/mol. The van der Waals surface area contributed by atoms with Crippen molar-refractivity contribution in [3.63, 3.8) is 0 Å². The molecule has 1 aliphatic rings. The molecule has 1 heterocycles. The Balaban J connectivity index is 2.51. The predicted molar refractivity (Wildman–Crippen MR) is 45.0 cm³/mol. The number of carbonyl (C=O) groups is 1. The molecule has 0 aromatic rings. The number of hydrogen-bond acceptors (Lipinski definition) is 3. The fourth-order valence-corrected chi connectivity index (χ4v) is 1.12. The van der Waals surface area contributed by atoms with Crippen LogP contribution in [-0.4, -0.2) is 31.7 Å². The Kier molecular flexibility index (Phi) is 2.85. The number of carbonyl (C=O) groups excluding carboxylic acids is 1. The van der Waals surface area contributed by atoms with Crippen molar-refractivity contribution in [3.8, 4) is 0 Å². The van der Waals surface area contributed by atoms with Gasteiger partial charge in [0.25, 0.3) is 0 Å². The number of ketones is 1. The van der Waals surface area contributed by atoms with Crippen LogP contribution >= 0.6 is 0 Å². The molecule has 1 aliphatic heterocycles. The minimum absolute atomic E-state index is 0.127. The molecule has 0 spiro atoms. The molecule has 0 saturated carbocycles. The van der Waals surface area contributed by atoms with Gasteiger partial charge in [0.2, 0.25) is 0 Å². The van der Waals surface area contributed by atoms with Crippen LogP contribution in [0.5, 0.6) is 0 Å². The van der Waals surface area contributed by atoms with E-state index in [1.54, 1.807) is 0 Å². The van der Waals surface area contributed by atoms with Crippen molar-refractivity contribution in [2.45, 2.75) is 26.9 Å². The number of Topliss-reactive ketones (excluding diaryl/α,β-unsaturated/α-hetero) is 1. The minimum atomic E-state index is -0.348. The van der Waals surface area contributed by atoms with Gasteiger partial charge in [0.1, 0.15) is 6.10 Å². The molecule has 3 nitrogen and oxygen atoms in total. The van der Waals surface area contributed by atoms with Gasteiger partial charge in [-0.05, 0) is 0 Å². The van der Waals surface area contributed by atoms with E-state index in [4.69, 9.17) is 9.47 Å². The Morgan fingerprint density at radius 3 is 2.42 bits per heavy atom. The second-order valence-electron chi connectivity index (χ2n) is 4.05. The molecule has 1 atom stereocenters. The van der Waals surface area contributed by atoms with Crippen molar-refractivity contribution >= 4 is 5.78 Å². The Morgan fingerprint density at radius 1 is 1.33 bits per heavy atom. The second-order valence-corrected chi connectivity index (χ2v) is 4.05. The highest BCUT2D eigenvalue weighted by molar-refractivity contribution is 5.88. The Hall–Kier alpha value is -0.410. The molecule has 0 amide bonds. The van der Waals surface area contributed by atoms with Crippen LogP contribution in [0.4, 0.5) is 0 Å². The van der Waals surface area contributed by atoms with Gasteiger partial charge in [-0.3, -0.25) is 4.79 Å². The molecule has 1 saturated heterocycles. The summed E-state index contributed by atoms with van der Waals surface area (Å²) in [6, 6.07) is 0. The Morgan fingerprint density at radius 2 is 2.00 bits per heavy atom. The third kappa shape index (κ3) is 2.29. The summed E-state index contributed by atoms with van der Waals surface area (Å²) in [6.07, 6.45) is -0.348. The van der Waals surface area contributed by atoms with Crippen LogP contribution in [0.3, 0.4) is 0 Å². The van der Waals surface area contributed by atoms with Crippen LogP contribution in [0.15, 0.2) is 0 Å². The third-order valence-electron chi connectivity index (χ3n) is 1.85. The maximum Gasteiger partial charge on any atom is 0.169 e. The zero-order valence-corrected chi connectivity index (χ0v) is 7.92. The van der Waals surface area contributed by atoms with Gasteiger partial charge in [-0.25, -0.2) is 0 Å². The van der Waals surface area contributed by atoms with Gasteiger partial charge in [-0.15, -0.1) is 0 Å². The van der Waals surface area contributed by atoms with Crippen LogP contribution in [0.1, 0.15) is 20.8 Å². The quantitative estimate of drug-likeness (QED) is 0.592. The number of ether oxygens (including phenoxy) is 2. The van der Waals surface area contributed by atoms with Crippen molar-refractivity contribution in [3.05, 3.63) is 0 Å². The lowest BCUT2D eigenvalue weighted by molar-refractivity contribution is -0.152. The van der Waals surface area contributed by atoms with Gasteiger partial charge in [0.05, 0.1) is 19.8 Å². The Labute approximate surface area is 73.0 Å². The molecule has 0 bridgehead atoms. The van der Waals surface area contributed by atoms with E-state index in [9.17, 15) is 4.79 Å². The predicted octanol–water partition coefficient (Wildman–Crippen LogP) is 1.02. The first kappa shape index (κ1) is 9.68. The molecule has 70 valence electrons. The summed E-state index contributed by atoms with van der Waals surface area (Å²) in [6.45, 7) is 7.24. The lowest BCUT2D eigenvalue weighted by Gasteiger charge is -2.27. The maximum absolute atomic E-state index is 11.6. The number of hydrogen-bond donors (Lipinski definition) is 0. The first-order chi connectivity index (χ1) is 5.52. The topological polar surface area (TPSA) is 35.5 Å². The molecule has 0 radical (unpaired) electrons. The fraction of sp³-hybridized carbons (Fsp3) is 0.889. The van der Waals surface area contributed by atoms with Crippen LogP contribution in [0, 0.1) is 5.41 Å². The summed E-state index contributed by atoms with van der Waals surface area (Å²) >= 11 is 0. The largest absolute Gasteiger partial charge is 0.376 e. The van der Waals surface area contributed by atoms with Crippen LogP contribution in [-0.2, 0) is 14.3 Å². The standard InChI is InChI=1S/C9H16O3/c1-9(2,3)8(10)7-6-11-4-5-12-7/h7H,4-6H2,1-3H3. The Bertz CT molecular complexity index is 163. The summed E-state index contributed by atoms with van der Waals surface area (Å²) in [7, 11) is 0. The fourth-order valence-electron chi connectivity index (χ4n) is 1.12. The van der Waals surface area contributed by atoms with E-state index in [0.29, 0.717) is 19.8 Å². The van der Waals surface area contributed by atoms with E-state index in [1.807, 2.05) is 20.8 Å². The van der Waals surface area contributed by atoms with Gasteiger partial charge in [0.15, 0.2) is 5.78 Å². The van der Waals surface area contributed by atoms with E-state index >= 15 is 0 Å². The van der Waals surface area contributed by atoms with Crippen LogP contribution in [0.2, 0.25) is 0 Å². The van der Waals surface area contributed by atoms with E-state index < -0.39 is 0 Å². The average molecular weight is 172 g/mol. The molecule has 0 aromatic carbocycles. The van der Waals surface area contributed by atoms with Gasteiger partial charge in [-0.2, -0.15) is 0 Å². The lowest BCUT2D eigenvalue weighted by atomic mass is 9.87. The summed E-state index contributed by atoms with van der Waals surface area (Å²) in [5, 5.41) is 0. The summed E-state index contributed by atoms with van der Waals surface area (Å²) < 4.78 is 10.4. The van der Waals surface area contributed by atoms with Crippen molar-refractivity contribution in [1.29, 1.82) is 0 Å². The highest BCUT2D eigenvalue weighted by Gasteiger charge is 2.31. The number of rotatable bonds is 1. The molecule has 1 fully saturated rings. The zero-order chi connectivity index (χ0) is 9.19. The molecule has 1 unspecified atom stereocenters. The highest BCUT2D eigenvalue weighted by Crippen LogP contribution is 2.19. The SMILES string of the molecule is CC(C)(C)C(=O)C1COCCO1. The zero-order valence-electron chi connectivity index (χ0n) is 7.92. The van der Waals surface area contributed by atoms with Crippen LogP contribution in [0.25, 0.3) is 0 Å². The molecule has 0 aliphatic carbocycles. The van der Waals surface area contributed by atoms with Gasteiger partial charge < -0.3 is 9.47 Å². The van der Waals surface area contributed by atoms with Crippen molar-refractivity contribution < 1.29 is 14.3 Å². The van der Waals surface area contributed by atoms with E-state index in [1.165, 1.54) is 0 Å². The van der Waals surface area contributed by atoms with Crippen LogP contribution < -0.4 is 0 Å². The van der Waals surface area contributed by atoms with Gasteiger partial charge in [-0.1, -0.05) is 20.8 Å². The normalized spacial score (nSPS) is 25.4. The highest BCUT2D eigenvalue weighted by atomic mass is 16.6. The lowest BCUT2D eigenvalue weighted by Crippen LogP contribution is -2.41. The van der Waals surface area contributed by atoms with Crippen molar-refractivity contribution in [1.82, 2.24) is 0 Å². The smallest absolute Gasteiger partial charge is 0.169 e. The van der Waals surface area contributed by atoms with Gasteiger partial charge >= 0.3 is 0 Å². The van der Waals surface area contributed by atoms with Crippen molar-refractivity contribution in [2.75, 3.05) is 19.8 Å². The van der Waals surface area contributed by atoms with E-state index in [-0.39, 0.29) is 17.3 Å². The summed E-state index contributed by atoms with van der Waals surface area (Å²) in [5.74, 6) is 0.127. The second kappa shape index (κ2) is 3.54. The van der Waals surface area contributed by atoms with Gasteiger partial charge in [0, 0.05) is 5.41 Å². The molecular formula is C9H16O3. The monoisotopic (exact) mass is 172 g/mol. The molecule has 12 heavy (non-hydrogen) atoms.